The van der Waals surface area contributed by atoms with Crippen molar-refractivity contribution in [1.29, 1.82) is 0 Å². The molecule has 1 saturated heterocycles. The third-order valence-corrected chi connectivity index (χ3v) is 7.48. The summed E-state index contributed by atoms with van der Waals surface area (Å²) < 4.78 is 38.3. The lowest BCUT2D eigenvalue weighted by Gasteiger charge is -2.17. The zero-order valence-electron chi connectivity index (χ0n) is 19.0. The van der Waals surface area contributed by atoms with Gasteiger partial charge >= 0.3 is 0 Å². The van der Waals surface area contributed by atoms with Crippen LogP contribution in [0.4, 0.5) is 0 Å². The number of nitrogens with one attached hydrogen (secondary N) is 1. The molecule has 0 aliphatic carbocycles. The smallest absolute Gasteiger partial charge is 0.243 e. The van der Waals surface area contributed by atoms with Crippen LogP contribution in [-0.2, 0) is 21.2 Å². The molecule has 1 aliphatic heterocycles. The van der Waals surface area contributed by atoms with Crippen LogP contribution in [0.5, 0.6) is 11.5 Å². The van der Waals surface area contributed by atoms with Crippen LogP contribution in [-0.4, -0.2) is 52.0 Å². The number of sulfonamides is 1. The molecule has 1 fully saturated rings. The molecule has 1 N–H and O–H groups in total. The van der Waals surface area contributed by atoms with E-state index in [1.165, 1.54) is 17.0 Å². The first kappa shape index (κ1) is 24.1. The van der Waals surface area contributed by atoms with Gasteiger partial charge in [0.25, 0.3) is 0 Å². The summed E-state index contributed by atoms with van der Waals surface area (Å²) in [4.78, 5) is 12.5. The number of hydrogen-bond donors (Lipinski definition) is 1. The lowest BCUT2D eigenvalue weighted by molar-refractivity contribution is -0.121. The highest BCUT2D eigenvalue weighted by Gasteiger charge is 2.27. The summed E-state index contributed by atoms with van der Waals surface area (Å²) >= 11 is 0. The lowest BCUT2D eigenvalue weighted by atomic mass is 10.1. The third kappa shape index (κ3) is 6.01. The van der Waals surface area contributed by atoms with E-state index >= 15 is 0 Å². The van der Waals surface area contributed by atoms with Crippen molar-refractivity contribution in [2.75, 3.05) is 33.4 Å². The molecule has 1 heterocycles. The highest BCUT2D eigenvalue weighted by molar-refractivity contribution is 7.89. The van der Waals surface area contributed by atoms with Gasteiger partial charge in [-0.15, -0.1) is 0 Å². The van der Waals surface area contributed by atoms with Crippen molar-refractivity contribution in [1.82, 2.24) is 9.62 Å². The summed E-state index contributed by atoms with van der Waals surface area (Å²) in [6.45, 7) is 5.90. The average molecular weight is 461 g/mol. The van der Waals surface area contributed by atoms with Gasteiger partial charge < -0.3 is 14.8 Å². The Hall–Kier alpha value is -2.58. The van der Waals surface area contributed by atoms with Gasteiger partial charge in [-0.25, -0.2) is 8.42 Å². The van der Waals surface area contributed by atoms with Crippen LogP contribution in [0.25, 0.3) is 0 Å². The van der Waals surface area contributed by atoms with Crippen molar-refractivity contribution in [3.63, 3.8) is 0 Å². The molecule has 8 heteroatoms. The van der Waals surface area contributed by atoms with E-state index in [9.17, 15) is 13.2 Å². The maximum absolute atomic E-state index is 12.9. The number of nitrogens with zero attached hydrogens (tertiary/aromatic N) is 1. The first-order chi connectivity index (χ1) is 15.3. The highest BCUT2D eigenvalue weighted by Crippen LogP contribution is 2.27. The van der Waals surface area contributed by atoms with Crippen LogP contribution in [0.3, 0.4) is 0 Å². The average Bonchev–Trinajstić information content (AvgIpc) is 3.32. The van der Waals surface area contributed by atoms with E-state index < -0.39 is 10.0 Å². The second kappa shape index (κ2) is 10.8. The summed E-state index contributed by atoms with van der Waals surface area (Å²) in [7, 11) is -1.97. The predicted octanol–water partition coefficient (Wildman–Crippen LogP) is 3.22. The molecular weight excluding hydrogens is 428 g/mol. The van der Waals surface area contributed by atoms with Crippen LogP contribution < -0.4 is 14.8 Å². The highest BCUT2D eigenvalue weighted by atomic mass is 32.2. The van der Waals surface area contributed by atoms with Crippen LogP contribution >= 0.6 is 0 Å². The number of ether oxygens (including phenoxy) is 2. The van der Waals surface area contributed by atoms with Crippen LogP contribution in [0.2, 0.25) is 0 Å². The molecule has 0 saturated carbocycles. The molecule has 0 radical (unpaired) electrons. The number of rotatable bonds is 10. The molecule has 0 unspecified atom stereocenters. The van der Waals surface area contributed by atoms with Crippen molar-refractivity contribution in [3.8, 4) is 11.5 Å². The molecule has 1 aliphatic rings. The molecule has 0 spiro atoms. The summed E-state index contributed by atoms with van der Waals surface area (Å²) in [6, 6.07) is 10.8. The molecule has 2 aromatic carbocycles. The number of hydrogen-bond acceptors (Lipinski definition) is 5. The number of benzene rings is 2. The third-order valence-electron chi connectivity index (χ3n) is 5.59. The second-order valence-corrected chi connectivity index (χ2v) is 9.99. The quantitative estimate of drug-likeness (QED) is 0.551. The van der Waals surface area contributed by atoms with E-state index in [4.69, 9.17) is 9.47 Å². The van der Waals surface area contributed by atoms with Gasteiger partial charge in [-0.1, -0.05) is 17.7 Å². The summed E-state index contributed by atoms with van der Waals surface area (Å²) in [5.74, 6) is 1.27. The Bertz CT molecular complexity index is 1050. The van der Waals surface area contributed by atoms with Gasteiger partial charge in [0, 0.05) is 19.5 Å². The zero-order valence-corrected chi connectivity index (χ0v) is 19.8. The monoisotopic (exact) mass is 460 g/mol. The Balaban J connectivity index is 1.53. The molecule has 3 rings (SSSR count). The van der Waals surface area contributed by atoms with Gasteiger partial charge in [-0.2, -0.15) is 4.31 Å². The van der Waals surface area contributed by atoms with Crippen molar-refractivity contribution in [2.24, 2.45) is 0 Å². The van der Waals surface area contributed by atoms with E-state index in [1.807, 2.05) is 26.0 Å². The van der Waals surface area contributed by atoms with Gasteiger partial charge in [0.15, 0.2) is 0 Å². The molecule has 0 bridgehead atoms. The maximum Gasteiger partial charge on any atom is 0.243 e. The van der Waals surface area contributed by atoms with Crippen LogP contribution in [0.1, 0.15) is 36.0 Å². The summed E-state index contributed by atoms with van der Waals surface area (Å²) in [5, 5.41) is 2.85. The molecule has 1 amide bonds. The van der Waals surface area contributed by atoms with E-state index in [0.29, 0.717) is 44.0 Å². The SMILES string of the molecule is COc1ccc(S(=O)(=O)N2CCCC2)cc1CCC(=O)NCCOc1ccc(C)cc1C. The lowest BCUT2D eigenvalue weighted by Crippen LogP contribution is -2.28. The standard InChI is InChI=1S/C24H32N2O5S/c1-18-6-9-22(19(2)16-18)31-15-12-25-24(27)11-7-20-17-21(8-10-23(20)30-3)32(28,29)26-13-4-5-14-26/h6,8-10,16-17H,4-5,7,11-15H2,1-3H3,(H,25,27). The minimum Gasteiger partial charge on any atom is -0.496 e. The van der Waals surface area contributed by atoms with Gasteiger partial charge in [-0.3, -0.25) is 4.79 Å². The molecule has 2 aromatic rings. The minimum atomic E-state index is -3.51. The molecule has 32 heavy (non-hydrogen) atoms. The predicted molar refractivity (Wildman–Crippen MR) is 124 cm³/mol. The first-order valence-electron chi connectivity index (χ1n) is 10.9. The van der Waals surface area contributed by atoms with Gasteiger partial charge in [-0.05, 0) is 68.5 Å². The number of aryl methyl sites for hydroxylation is 3. The Morgan fingerprint density at radius 3 is 2.47 bits per heavy atom. The molecule has 0 atom stereocenters. The number of carbonyl (C=O) groups excluding carboxylic acids is 1. The Morgan fingerprint density at radius 2 is 1.78 bits per heavy atom. The molecular formula is C24H32N2O5S. The Kier molecular flexibility index (Phi) is 8.15. The maximum atomic E-state index is 12.9. The van der Waals surface area contributed by atoms with Crippen molar-refractivity contribution in [3.05, 3.63) is 53.1 Å². The first-order valence-corrected chi connectivity index (χ1v) is 12.4. The number of methoxy groups -OCH3 is 1. The summed E-state index contributed by atoms with van der Waals surface area (Å²) in [5.41, 5.74) is 2.94. The normalized spacial score (nSPS) is 14.3. The minimum absolute atomic E-state index is 0.121. The fourth-order valence-electron chi connectivity index (χ4n) is 3.84. The second-order valence-electron chi connectivity index (χ2n) is 8.05. The van der Waals surface area contributed by atoms with E-state index in [0.717, 1.165) is 24.2 Å². The fraction of sp³-hybridized carbons (Fsp3) is 0.458. The van der Waals surface area contributed by atoms with Crippen LogP contribution in [0, 0.1) is 13.8 Å². The van der Waals surface area contributed by atoms with E-state index in [2.05, 4.69) is 11.4 Å². The Morgan fingerprint density at radius 1 is 1.06 bits per heavy atom. The number of amides is 1. The van der Waals surface area contributed by atoms with E-state index in [-0.39, 0.29) is 17.2 Å². The molecule has 0 aromatic heterocycles. The molecule has 174 valence electrons. The fourth-order valence-corrected chi connectivity index (χ4v) is 5.41. The van der Waals surface area contributed by atoms with Crippen molar-refractivity contribution < 1.29 is 22.7 Å². The molecule has 7 nitrogen and oxygen atoms in total. The largest absolute Gasteiger partial charge is 0.496 e. The van der Waals surface area contributed by atoms with Crippen molar-refractivity contribution >= 4 is 15.9 Å². The van der Waals surface area contributed by atoms with Gasteiger partial charge in [0.2, 0.25) is 15.9 Å². The van der Waals surface area contributed by atoms with Gasteiger partial charge in [0.05, 0.1) is 18.6 Å². The van der Waals surface area contributed by atoms with E-state index in [1.54, 1.807) is 18.2 Å². The summed E-state index contributed by atoms with van der Waals surface area (Å²) in [6.07, 6.45) is 2.38. The Labute approximate surface area is 190 Å². The van der Waals surface area contributed by atoms with Crippen LogP contribution in [0.15, 0.2) is 41.3 Å². The van der Waals surface area contributed by atoms with Crippen molar-refractivity contribution in [2.45, 2.75) is 44.4 Å². The number of carbonyl (C=O) groups is 1. The topological polar surface area (TPSA) is 84.9 Å². The zero-order chi connectivity index (χ0) is 23.1. The van der Waals surface area contributed by atoms with Gasteiger partial charge in [0.1, 0.15) is 18.1 Å².